The molecule has 27 heavy (non-hydrogen) atoms. The van der Waals surface area contributed by atoms with E-state index in [1.165, 1.54) is 0 Å². The average Bonchev–Trinajstić information content (AvgIpc) is 3.10. The zero-order valence-corrected chi connectivity index (χ0v) is 16.2. The van der Waals surface area contributed by atoms with Crippen LogP contribution < -0.4 is 14.8 Å². The van der Waals surface area contributed by atoms with E-state index in [1.807, 2.05) is 48.5 Å². The molecular weight excluding hydrogens is 338 g/mol. The summed E-state index contributed by atoms with van der Waals surface area (Å²) in [5.41, 5.74) is 1.13. The molecule has 0 radical (unpaired) electrons. The van der Waals surface area contributed by atoms with Crippen molar-refractivity contribution < 1.29 is 14.3 Å². The summed E-state index contributed by atoms with van der Waals surface area (Å²) >= 11 is 0. The zero-order chi connectivity index (χ0) is 19.1. The molecule has 2 aromatic rings. The van der Waals surface area contributed by atoms with Gasteiger partial charge in [0.2, 0.25) is 5.91 Å². The highest BCUT2D eigenvalue weighted by Crippen LogP contribution is 2.33. The fraction of sp³-hybridized carbons (Fsp3) is 0.435. The molecule has 3 rings (SSSR count). The molecule has 1 N–H and O–H groups in total. The van der Waals surface area contributed by atoms with Gasteiger partial charge in [0, 0.05) is 17.9 Å². The van der Waals surface area contributed by atoms with Gasteiger partial charge in [-0.1, -0.05) is 44.9 Å². The fourth-order valence-electron chi connectivity index (χ4n) is 3.43. The van der Waals surface area contributed by atoms with Crippen molar-refractivity contribution in [1.29, 1.82) is 0 Å². The molecule has 144 valence electrons. The highest BCUT2D eigenvalue weighted by atomic mass is 16.5. The maximum atomic E-state index is 12.4. The summed E-state index contributed by atoms with van der Waals surface area (Å²) in [6, 6.07) is 15.6. The van der Waals surface area contributed by atoms with E-state index in [2.05, 4.69) is 19.2 Å². The number of hydrogen-bond acceptors (Lipinski definition) is 3. The van der Waals surface area contributed by atoms with Crippen molar-refractivity contribution in [2.45, 2.75) is 52.1 Å². The summed E-state index contributed by atoms with van der Waals surface area (Å²) in [6.07, 6.45) is 4.84. The monoisotopic (exact) mass is 367 g/mol. The number of ether oxygens (including phenoxy) is 2. The van der Waals surface area contributed by atoms with Crippen molar-refractivity contribution in [3.8, 4) is 17.2 Å². The summed E-state index contributed by atoms with van der Waals surface area (Å²) in [5.74, 6) is 2.77. The maximum Gasteiger partial charge on any atom is 0.223 e. The van der Waals surface area contributed by atoms with Crippen molar-refractivity contribution in [3.05, 3.63) is 54.1 Å². The number of nitrogens with one attached hydrogen (secondary N) is 1. The van der Waals surface area contributed by atoms with Crippen LogP contribution in [0.1, 0.15) is 45.1 Å². The van der Waals surface area contributed by atoms with E-state index in [-0.39, 0.29) is 17.9 Å². The number of carbonyl (C=O) groups is 1. The van der Waals surface area contributed by atoms with Gasteiger partial charge in [-0.05, 0) is 43.2 Å². The number of benzene rings is 2. The topological polar surface area (TPSA) is 47.6 Å². The second-order valence-electron chi connectivity index (χ2n) is 7.12. The molecule has 4 heteroatoms. The summed E-state index contributed by atoms with van der Waals surface area (Å²) in [5, 5.41) is 3.08. The van der Waals surface area contributed by atoms with E-state index in [4.69, 9.17) is 9.47 Å². The number of rotatable bonds is 9. The molecule has 4 nitrogen and oxygen atoms in total. The third-order valence-electron chi connectivity index (χ3n) is 5.03. The van der Waals surface area contributed by atoms with Gasteiger partial charge in [-0.15, -0.1) is 0 Å². The Bertz CT molecular complexity index is 745. The fourth-order valence-corrected chi connectivity index (χ4v) is 3.43. The Morgan fingerprint density at radius 3 is 2.74 bits per heavy atom. The van der Waals surface area contributed by atoms with Crippen LogP contribution in [0.15, 0.2) is 48.5 Å². The van der Waals surface area contributed by atoms with Crippen molar-refractivity contribution in [3.63, 3.8) is 0 Å². The Kier molecular flexibility index (Phi) is 6.74. The standard InChI is InChI=1S/C23H29NO3/c1-3-5-9-17(4-2)23(25)24-16-21-15-18-14-20(12-13-22(18)27-21)26-19-10-7-6-8-11-19/h6-8,10-14,17,21H,3-5,9,15-16H2,1-2H3,(H,24,25)/t17-,21+/m0/s1. The lowest BCUT2D eigenvalue weighted by molar-refractivity contribution is -0.125. The van der Waals surface area contributed by atoms with Crippen LogP contribution in [-0.4, -0.2) is 18.6 Å². The second-order valence-corrected chi connectivity index (χ2v) is 7.12. The van der Waals surface area contributed by atoms with Gasteiger partial charge < -0.3 is 14.8 Å². The predicted octanol–water partition coefficient (Wildman–Crippen LogP) is 5.12. The molecular formula is C23H29NO3. The number of amides is 1. The van der Waals surface area contributed by atoms with E-state index in [1.54, 1.807) is 0 Å². The molecule has 0 unspecified atom stereocenters. The third-order valence-corrected chi connectivity index (χ3v) is 5.03. The van der Waals surface area contributed by atoms with Crippen LogP contribution in [-0.2, 0) is 11.2 Å². The lowest BCUT2D eigenvalue weighted by Crippen LogP contribution is -2.37. The molecule has 2 atom stereocenters. The van der Waals surface area contributed by atoms with Gasteiger partial charge in [-0.2, -0.15) is 0 Å². The van der Waals surface area contributed by atoms with Gasteiger partial charge in [-0.3, -0.25) is 4.79 Å². The van der Waals surface area contributed by atoms with E-state index in [9.17, 15) is 4.79 Å². The second kappa shape index (κ2) is 9.45. The predicted molar refractivity (Wildman–Crippen MR) is 107 cm³/mol. The highest BCUT2D eigenvalue weighted by Gasteiger charge is 2.25. The lowest BCUT2D eigenvalue weighted by atomic mass is 9.98. The van der Waals surface area contributed by atoms with Crippen molar-refractivity contribution in [1.82, 2.24) is 5.32 Å². The Morgan fingerprint density at radius 2 is 2.00 bits per heavy atom. The number of carbonyl (C=O) groups excluding carboxylic acids is 1. The molecule has 1 aliphatic heterocycles. The Hall–Kier alpha value is -2.49. The molecule has 1 amide bonds. The zero-order valence-electron chi connectivity index (χ0n) is 16.2. The summed E-state index contributed by atoms with van der Waals surface area (Å²) in [6.45, 7) is 4.78. The van der Waals surface area contributed by atoms with Gasteiger partial charge in [0.15, 0.2) is 0 Å². The smallest absolute Gasteiger partial charge is 0.223 e. The van der Waals surface area contributed by atoms with Crippen LogP contribution in [0.2, 0.25) is 0 Å². The minimum atomic E-state index is -0.0143. The summed E-state index contributed by atoms with van der Waals surface area (Å²) in [7, 11) is 0. The Balaban J connectivity index is 1.52. The van der Waals surface area contributed by atoms with Crippen LogP contribution in [0.3, 0.4) is 0 Å². The maximum absolute atomic E-state index is 12.4. The van der Waals surface area contributed by atoms with E-state index >= 15 is 0 Å². The van der Waals surface area contributed by atoms with E-state index in [0.717, 1.165) is 54.9 Å². The van der Waals surface area contributed by atoms with Gasteiger partial charge in [0.1, 0.15) is 23.4 Å². The number of hydrogen-bond donors (Lipinski definition) is 1. The number of fused-ring (bicyclic) bond motifs is 1. The van der Waals surface area contributed by atoms with Gasteiger partial charge in [-0.25, -0.2) is 0 Å². The van der Waals surface area contributed by atoms with E-state index < -0.39 is 0 Å². The third kappa shape index (κ3) is 5.25. The van der Waals surface area contributed by atoms with Crippen LogP contribution >= 0.6 is 0 Å². The molecule has 0 bridgehead atoms. The van der Waals surface area contributed by atoms with Crippen LogP contribution in [0.5, 0.6) is 17.2 Å². The lowest BCUT2D eigenvalue weighted by Gasteiger charge is -2.17. The van der Waals surface area contributed by atoms with Crippen LogP contribution in [0.25, 0.3) is 0 Å². The largest absolute Gasteiger partial charge is 0.488 e. The summed E-state index contributed by atoms with van der Waals surface area (Å²) < 4.78 is 11.9. The minimum Gasteiger partial charge on any atom is -0.488 e. The average molecular weight is 367 g/mol. The molecule has 0 spiro atoms. The Morgan fingerprint density at radius 1 is 1.19 bits per heavy atom. The van der Waals surface area contributed by atoms with Crippen LogP contribution in [0.4, 0.5) is 0 Å². The van der Waals surface area contributed by atoms with Crippen molar-refractivity contribution >= 4 is 5.91 Å². The van der Waals surface area contributed by atoms with E-state index in [0.29, 0.717) is 6.54 Å². The van der Waals surface area contributed by atoms with Crippen molar-refractivity contribution in [2.75, 3.05) is 6.54 Å². The molecule has 0 saturated carbocycles. The number of unbranched alkanes of at least 4 members (excludes halogenated alkanes) is 1. The first kappa shape index (κ1) is 19.3. The first-order valence-electron chi connectivity index (χ1n) is 9.99. The minimum absolute atomic E-state index is 0.0143. The number of para-hydroxylation sites is 1. The van der Waals surface area contributed by atoms with Crippen molar-refractivity contribution in [2.24, 2.45) is 5.92 Å². The first-order valence-corrected chi connectivity index (χ1v) is 9.99. The quantitative estimate of drug-likeness (QED) is 0.669. The molecule has 0 aromatic heterocycles. The molecule has 0 saturated heterocycles. The first-order chi connectivity index (χ1) is 13.2. The Labute approximate surface area is 161 Å². The van der Waals surface area contributed by atoms with Gasteiger partial charge in [0.05, 0.1) is 6.54 Å². The van der Waals surface area contributed by atoms with Crippen LogP contribution in [0, 0.1) is 5.92 Å². The molecule has 2 aromatic carbocycles. The SMILES string of the molecule is CCCC[C@H](CC)C(=O)NC[C@H]1Cc2cc(Oc3ccccc3)ccc2O1. The molecule has 0 fully saturated rings. The van der Waals surface area contributed by atoms with Gasteiger partial charge in [0.25, 0.3) is 0 Å². The summed E-state index contributed by atoms with van der Waals surface area (Å²) in [4.78, 5) is 12.4. The molecule has 1 heterocycles. The molecule has 0 aliphatic carbocycles. The highest BCUT2D eigenvalue weighted by molar-refractivity contribution is 5.78. The normalized spacial score (nSPS) is 16.3. The van der Waals surface area contributed by atoms with Gasteiger partial charge >= 0.3 is 0 Å². The molecule has 1 aliphatic rings.